The van der Waals surface area contributed by atoms with Crippen molar-refractivity contribution in [3.05, 3.63) is 57.8 Å². The summed E-state index contributed by atoms with van der Waals surface area (Å²) in [6.07, 6.45) is 3.47. The average molecular weight is 259 g/mol. The van der Waals surface area contributed by atoms with Crippen molar-refractivity contribution < 1.29 is 0 Å². The Morgan fingerprint density at radius 3 is 2.39 bits per heavy atom. The Kier molecular flexibility index (Phi) is 4.97. The second kappa shape index (κ2) is 6.72. The van der Waals surface area contributed by atoms with E-state index in [2.05, 4.69) is 54.7 Å². The second-order valence-electron chi connectivity index (χ2n) is 4.51. The zero-order valence-corrected chi connectivity index (χ0v) is 12.0. The van der Waals surface area contributed by atoms with Crippen LogP contribution in [-0.4, -0.2) is 7.05 Å². The molecular weight excluding hydrogens is 238 g/mol. The van der Waals surface area contributed by atoms with E-state index < -0.39 is 0 Å². The van der Waals surface area contributed by atoms with Gasteiger partial charge in [0.2, 0.25) is 0 Å². The maximum atomic E-state index is 3.41. The van der Waals surface area contributed by atoms with Gasteiger partial charge < -0.3 is 5.32 Å². The first-order valence-electron chi connectivity index (χ1n) is 6.63. The smallest absolute Gasteiger partial charge is 0.0320 e. The number of nitrogens with one attached hydrogen (secondary N) is 1. The molecule has 0 bridgehead atoms. The fraction of sp³-hybridized carbons (Fsp3) is 0.375. The minimum Gasteiger partial charge on any atom is -0.313 e. The van der Waals surface area contributed by atoms with Crippen molar-refractivity contribution >= 4 is 11.3 Å². The van der Waals surface area contributed by atoms with Crippen LogP contribution in [0.1, 0.15) is 34.7 Å². The second-order valence-corrected chi connectivity index (χ2v) is 5.77. The number of benzene rings is 1. The SMILES string of the molecule is CCc1ccc(CCC(NC)c2ccccc2)s1. The van der Waals surface area contributed by atoms with Crippen LogP contribution in [0.25, 0.3) is 0 Å². The highest BCUT2D eigenvalue weighted by molar-refractivity contribution is 7.11. The van der Waals surface area contributed by atoms with Crippen molar-refractivity contribution in [3.8, 4) is 0 Å². The summed E-state index contributed by atoms with van der Waals surface area (Å²) in [6, 6.07) is 15.7. The van der Waals surface area contributed by atoms with Crippen LogP contribution in [0.4, 0.5) is 0 Å². The Labute approximate surface area is 114 Å². The summed E-state index contributed by atoms with van der Waals surface area (Å²) in [6.45, 7) is 2.22. The predicted molar refractivity (Wildman–Crippen MR) is 80.3 cm³/mol. The van der Waals surface area contributed by atoms with Crippen molar-refractivity contribution in [1.82, 2.24) is 5.32 Å². The third kappa shape index (κ3) is 3.44. The standard InChI is InChI=1S/C16H21NS/c1-3-14-9-10-15(18-14)11-12-16(17-2)13-7-5-4-6-8-13/h4-10,16-17H,3,11-12H2,1-2H3. The fourth-order valence-corrected chi connectivity index (χ4v) is 3.17. The normalized spacial score (nSPS) is 12.6. The predicted octanol–water partition coefficient (Wildman–Crippen LogP) is 4.20. The van der Waals surface area contributed by atoms with Crippen molar-refractivity contribution in [2.45, 2.75) is 32.2 Å². The molecule has 1 nitrogen and oxygen atoms in total. The van der Waals surface area contributed by atoms with Crippen LogP contribution in [0, 0.1) is 0 Å². The van der Waals surface area contributed by atoms with E-state index in [1.807, 2.05) is 18.4 Å². The lowest BCUT2D eigenvalue weighted by Gasteiger charge is -2.15. The number of rotatable bonds is 6. The van der Waals surface area contributed by atoms with Crippen molar-refractivity contribution in [3.63, 3.8) is 0 Å². The molecule has 0 fully saturated rings. The maximum Gasteiger partial charge on any atom is 0.0320 e. The Hall–Kier alpha value is -1.12. The van der Waals surface area contributed by atoms with Gasteiger partial charge in [0.05, 0.1) is 0 Å². The van der Waals surface area contributed by atoms with Gasteiger partial charge in [-0.15, -0.1) is 11.3 Å². The number of aryl methyl sites for hydroxylation is 2. The van der Waals surface area contributed by atoms with Crippen molar-refractivity contribution in [1.29, 1.82) is 0 Å². The number of hydrogen-bond donors (Lipinski definition) is 1. The van der Waals surface area contributed by atoms with Crippen LogP contribution < -0.4 is 5.32 Å². The van der Waals surface area contributed by atoms with Gasteiger partial charge in [-0.1, -0.05) is 37.3 Å². The molecule has 0 saturated carbocycles. The zero-order chi connectivity index (χ0) is 12.8. The van der Waals surface area contributed by atoms with E-state index in [1.165, 1.54) is 15.3 Å². The van der Waals surface area contributed by atoms with Gasteiger partial charge in [0.25, 0.3) is 0 Å². The molecule has 2 aromatic rings. The first-order chi connectivity index (χ1) is 8.83. The van der Waals surface area contributed by atoms with Crippen molar-refractivity contribution in [2.75, 3.05) is 7.05 Å². The highest BCUT2D eigenvalue weighted by Gasteiger charge is 2.09. The molecule has 1 N–H and O–H groups in total. The molecule has 0 spiro atoms. The van der Waals surface area contributed by atoms with Gasteiger partial charge >= 0.3 is 0 Å². The van der Waals surface area contributed by atoms with E-state index >= 15 is 0 Å². The summed E-state index contributed by atoms with van der Waals surface area (Å²) in [5.74, 6) is 0. The van der Waals surface area contributed by atoms with E-state index in [9.17, 15) is 0 Å². The minimum atomic E-state index is 0.457. The third-order valence-electron chi connectivity index (χ3n) is 3.30. The topological polar surface area (TPSA) is 12.0 Å². The molecule has 18 heavy (non-hydrogen) atoms. The van der Waals surface area contributed by atoms with E-state index in [4.69, 9.17) is 0 Å². The zero-order valence-electron chi connectivity index (χ0n) is 11.1. The molecule has 0 saturated heterocycles. The molecule has 1 heterocycles. The summed E-state index contributed by atoms with van der Waals surface area (Å²) in [7, 11) is 2.05. The lowest BCUT2D eigenvalue weighted by molar-refractivity contribution is 0.551. The van der Waals surface area contributed by atoms with Gasteiger partial charge in [-0.3, -0.25) is 0 Å². The van der Waals surface area contributed by atoms with Gasteiger partial charge in [-0.05, 0) is 44.0 Å². The van der Waals surface area contributed by atoms with E-state index in [-0.39, 0.29) is 0 Å². The van der Waals surface area contributed by atoms with Gasteiger partial charge in [0.1, 0.15) is 0 Å². The highest BCUT2D eigenvalue weighted by Crippen LogP contribution is 2.23. The molecule has 0 aliphatic heterocycles. The Balaban J connectivity index is 1.95. The minimum absolute atomic E-state index is 0.457. The molecule has 0 amide bonds. The highest BCUT2D eigenvalue weighted by atomic mass is 32.1. The first kappa shape index (κ1) is 13.3. The Bertz CT molecular complexity index is 461. The molecule has 0 aliphatic carbocycles. The lowest BCUT2D eigenvalue weighted by atomic mass is 10.0. The monoisotopic (exact) mass is 259 g/mol. The largest absolute Gasteiger partial charge is 0.313 e. The van der Waals surface area contributed by atoms with Crippen LogP contribution in [0.3, 0.4) is 0 Å². The van der Waals surface area contributed by atoms with Gasteiger partial charge in [-0.2, -0.15) is 0 Å². The van der Waals surface area contributed by atoms with Crippen LogP contribution in [0.5, 0.6) is 0 Å². The molecule has 1 atom stereocenters. The maximum absolute atomic E-state index is 3.41. The molecule has 2 heteroatoms. The third-order valence-corrected chi connectivity index (χ3v) is 4.58. The summed E-state index contributed by atoms with van der Waals surface area (Å²) in [4.78, 5) is 2.99. The molecule has 1 aromatic heterocycles. The van der Waals surface area contributed by atoms with E-state index in [0.717, 1.165) is 19.3 Å². The van der Waals surface area contributed by atoms with E-state index in [0.29, 0.717) is 6.04 Å². The first-order valence-corrected chi connectivity index (χ1v) is 7.45. The molecule has 0 radical (unpaired) electrons. The van der Waals surface area contributed by atoms with Gasteiger partial charge in [0, 0.05) is 15.8 Å². The van der Waals surface area contributed by atoms with Crippen LogP contribution in [0.15, 0.2) is 42.5 Å². The van der Waals surface area contributed by atoms with Crippen LogP contribution in [0.2, 0.25) is 0 Å². The summed E-state index contributed by atoms with van der Waals surface area (Å²) in [5, 5.41) is 3.41. The summed E-state index contributed by atoms with van der Waals surface area (Å²) < 4.78 is 0. The van der Waals surface area contributed by atoms with Crippen LogP contribution in [-0.2, 0) is 12.8 Å². The summed E-state index contributed by atoms with van der Waals surface area (Å²) in [5.41, 5.74) is 1.38. The van der Waals surface area contributed by atoms with Gasteiger partial charge in [0.15, 0.2) is 0 Å². The van der Waals surface area contributed by atoms with Gasteiger partial charge in [-0.25, -0.2) is 0 Å². The summed E-state index contributed by atoms with van der Waals surface area (Å²) >= 11 is 1.95. The van der Waals surface area contributed by atoms with Crippen molar-refractivity contribution in [2.24, 2.45) is 0 Å². The van der Waals surface area contributed by atoms with E-state index in [1.54, 1.807) is 0 Å². The fourth-order valence-electron chi connectivity index (χ4n) is 2.20. The molecule has 2 rings (SSSR count). The van der Waals surface area contributed by atoms with Crippen LogP contribution >= 0.6 is 11.3 Å². The lowest BCUT2D eigenvalue weighted by Crippen LogP contribution is -2.16. The molecule has 0 aliphatic rings. The quantitative estimate of drug-likeness (QED) is 0.819. The number of thiophene rings is 1. The molecule has 1 aromatic carbocycles. The molecule has 96 valence electrons. The molecule has 1 unspecified atom stereocenters. The average Bonchev–Trinajstić information content (AvgIpc) is 2.89. The Morgan fingerprint density at radius 2 is 1.78 bits per heavy atom. The molecular formula is C16H21NS. The number of hydrogen-bond acceptors (Lipinski definition) is 2. The Morgan fingerprint density at radius 1 is 1.06 bits per heavy atom.